The van der Waals surface area contributed by atoms with Crippen molar-refractivity contribution in [3.05, 3.63) is 12.2 Å². The monoisotopic (exact) mass is 268 g/mol. The molecule has 0 bridgehead atoms. The van der Waals surface area contributed by atoms with Crippen molar-refractivity contribution in [2.45, 2.75) is 60.2 Å². The Morgan fingerprint density at radius 1 is 1.37 bits per heavy atom. The molecule has 110 valence electrons. The average molecular weight is 268 g/mol. The van der Waals surface area contributed by atoms with Crippen molar-refractivity contribution in [1.82, 2.24) is 20.1 Å². The highest BCUT2D eigenvalue weighted by Crippen LogP contribution is 2.21. The van der Waals surface area contributed by atoms with E-state index in [2.05, 4.69) is 50.0 Å². The van der Waals surface area contributed by atoms with Gasteiger partial charge in [-0.3, -0.25) is 0 Å². The molecule has 0 spiro atoms. The van der Waals surface area contributed by atoms with Gasteiger partial charge >= 0.3 is 0 Å². The van der Waals surface area contributed by atoms with Crippen LogP contribution >= 0.6 is 0 Å². The molecule has 0 radical (unpaired) electrons. The maximum absolute atomic E-state index is 9.16. The molecule has 0 aliphatic rings. The highest BCUT2D eigenvalue weighted by atomic mass is 16.3. The van der Waals surface area contributed by atoms with E-state index < -0.39 is 0 Å². The lowest BCUT2D eigenvalue weighted by molar-refractivity contribution is 0.195. The highest BCUT2D eigenvalue weighted by molar-refractivity contribution is 4.88. The Bertz CT molecular complexity index is 368. The Labute approximate surface area is 116 Å². The number of hydrogen-bond acceptors (Lipinski definition) is 4. The molecule has 1 aromatic heterocycles. The fraction of sp³-hybridized carbons (Fsp3) is 0.857. The summed E-state index contributed by atoms with van der Waals surface area (Å²) in [4.78, 5) is 4.31. The topological polar surface area (TPSA) is 63.0 Å². The van der Waals surface area contributed by atoms with Crippen molar-refractivity contribution in [1.29, 1.82) is 0 Å². The third-order valence-corrected chi connectivity index (χ3v) is 3.20. The minimum Gasteiger partial charge on any atom is -0.396 e. The van der Waals surface area contributed by atoms with Gasteiger partial charge in [-0.2, -0.15) is 5.10 Å². The maximum Gasteiger partial charge on any atom is 0.140 e. The highest BCUT2D eigenvalue weighted by Gasteiger charge is 2.24. The molecule has 0 fully saturated rings. The summed E-state index contributed by atoms with van der Waals surface area (Å²) >= 11 is 0. The van der Waals surface area contributed by atoms with Crippen molar-refractivity contribution in [3.8, 4) is 0 Å². The Morgan fingerprint density at radius 3 is 2.58 bits per heavy atom. The average Bonchev–Trinajstić information content (AvgIpc) is 2.69. The van der Waals surface area contributed by atoms with E-state index in [1.54, 1.807) is 6.33 Å². The van der Waals surface area contributed by atoms with Gasteiger partial charge in [0.05, 0.1) is 6.54 Å². The summed E-state index contributed by atoms with van der Waals surface area (Å²) in [6, 6.07) is 0.265. The number of aliphatic hydroxyl groups excluding tert-OH is 1. The third kappa shape index (κ3) is 5.28. The normalized spacial score (nSPS) is 14.1. The SMILES string of the molecule is CC(C)Cn1ncnc1CNC(CCO)C(C)(C)C. The molecule has 0 saturated heterocycles. The minimum atomic E-state index is 0.117. The molecule has 1 atom stereocenters. The smallest absolute Gasteiger partial charge is 0.140 e. The Balaban J connectivity index is 2.62. The van der Waals surface area contributed by atoms with Crippen LogP contribution in [-0.4, -0.2) is 32.5 Å². The second-order valence-corrected chi connectivity index (χ2v) is 6.56. The number of nitrogens with zero attached hydrogens (tertiary/aromatic N) is 3. The zero-order chi connectivity index (χ0) is 14.5. The molecular formula is C14H28N4O. The standard InChI is InChI=1S/C14H28N4O/c1-11(2)9-18-13(16-10-17-18)8-15-12(6-7-19)14(3,4)5/h10-12,15,19H,6-9H2,1-5H3. The molecule has 5 heteroatoms. The molecule has 0 aliphatic heterocycles. The molecule has 19 heavy (non-hydrogen) atoms. The third-order valence-electron chi connectivity index (χ3n) is 3.20. The van der Waals surface area contributed by atoms with Crippen molar-refractivity contribution in [3.63, 3.8) is 0 Å². The Morgan fingerprint density at radius 2 is 2.05 bits per heavy atom. The molecule has 1 heterocycles. The van der Waals surface area contributed by atoms with Crippen LogP contribution in [0.4, 0.5) is 0 Å². The first-order valence-electron chi connectivity index (χ1n) is 7.05. The zero-order valence-electron chi connectivity index (χ0n) is 12.8. The van der Waals surface area contributed by atoms with E-state index in [-0.39, 0.29) is 18.1 Å². The first kappa shape index (κ1) is 16.1. The number of hydrogen-bond donors (Lipinski definition) is 2. The molecule has 1 rings (SSSR count). The van der Waals surface area contributed by atoms with Crippen LogP contribution < -0.4 is 5.32 Å². The molecule has 0 saturated carbocycles. The van der Waals surface area contributed by atoms with E-state index in [1.807, 2.05) is 4.68 Å². The van der Waals surface area contributed by atoms with E-state index in [0.717, 1.165) is 18.8 Å². The fourth-order valence-electron chi connectivity index (χ4n) is 2.11. The number of rotatable bonds is 7. The van der Waals surface area contributed by atoms with Gasteiger partial charge in [0, 0.05) is 19.2 Å². The summed E-state index contributed by atoms with van der Waals surface area (Å²) in [7, 11) is 0. The number of aromatic nitrogens is 3. The molecule has 2 N–H and O–H groups in total. The molecular weight excluding hydrogens is 240 g/mol. The van der Waals surface area contributed by atoms with Gasteiger partial charge in [0.1, 0.15) is 12.2 Å². The lowest BCUT2D eigenvalue weighted by atomic mass is 9.85. The molecule has 1 unspecified atom stereocenters. The van der Waals surface area contributed by atoms with Gasteiger partial charge in [-0.05, 0) is 17.8 Å². The van der Waals surface area contributed by atoms with E-state index >= 15 is 0 Å². The van der Waals surface area contributed by atoms with Crippen LogP contribution in [0.3, 0.4) is 0 Å². The summed E-state index contributed by atoms with van der Waals surface area (Å²) in [5, 5.41) is 16.9. The van der Waals surface area contributed by atoms with Crippen molar-refractivity contribution >= 4 is 0 Å². The molecule has 5 nitrogen and oxygen atoms in total. The second kappa shape index (κ2) is 7.01. The predicted molar refractivity (Wildman–Crippen MR) is 76.6 cm³/mol. The van der Waals surface area contributed by atoms with E-state index in [9.17, 15) is 0 Å². The number of aliphatic hydroxyl groups is 1. The number of nitrogens with one attached hydrogen (secondary N) is 1. The summed E-state index contributed by atoms with van der Waals surface area (Å²) < 4.78 is 1.95. The van der Waals surface area contributed by atoms with Crippen LogP contribution in [-0.2, 0) is 13.1 Å². The van der Waals surface area contributed by atoms with Crippen LogP contribution in [0.1, 0.15) is 46.9 Å². The molecule has 1 aromatic rings. The van der Waals surface area contributed by atoms with E-state index in [1.165, 1.54) is 0 Å². The minimum absolute atomic E-state index is 0.117. The van der Waals surface area contributed by atoms with Crippen LogP contribution in [0.2, 0.25) is 0 Å². The van der Waals surface area contributed by atoms with Crippen molar-refractivity contribution < 1.29 is 5.11 Å². The van der Waals surface area contributed by atoms with Crippen LogP contribution in [0.25, 0.3) is 0 Å². The molecule has 0 amide bonds. The van der Waals surface area contributed by atoms with Gasteiger partial charge in [0.2, 0.25) is 0 Å². The fourth-order valence-corrected chi connectivity index (χ4v) is 2.11. The van der Waals surface area contributed by atoms with E-state index in [4.69, 9.17) is 5.11 Å². The second-order valence-electron chi connectivity index (χ2n) is 6.56. The van der Waals surface area contributed by atoms with Gasteiger partial charge in [-0.15, -0.1) is 0 Å². The summed E-state index contributed by atoms with van der Waals surface area (Å²) in [5.74, 6) is 1.51. The van der Waals surface area contributed by atoms with Gasteiger partial charge < -0.3 is 10.4 Å². The van der Waals surface area contributed by atoms with Crippen molar-refractivity contribution in [2.24, 2.45) is 11.3 Å². The van der Waals surface area contributed by atoms with Gasteiger partial charge in [0.25, 0.3) is 0 Å². The summed E-state index contributed by atoms with van der Waals surface area (Å²) in [5.41, 5.74) is 0.117. The van der Waals surface area contributed by atoms with Crippen molar-refractivity contribution in [2.75, 3.05) is 6.61 Å². The zero-order valence-corrected chi connectivity index (χ0v) is 12.8. The van der Waals surface area contributed by atoms with Gasteiger partial charge in [-0.25, -0.2) is 9.67 Å². The van der Waals surface area contributed by atoms with Gasteiger partial charge in [0.15, 0.2) is 0 Å². The Kier molecular flexibility index (Phi) is 5.94. The molecule has 0 aliphatic carbocycles. The van der Waals surface area contributed by atoms with Gasteiger partial charge in [-0.1, -0.05) is 34.6 Å². The first-order chi connectivity index (χ1) is 8.84. The lowest BCUT2D eigenvalue weighted by Crippen LogP contribution is -2.41. The Hall–Kier alpha value is -0.940. The molecule has 0 aromatic carbocycles. The van der Waals surface area contributed by atoms with E-state index in [0.29, 0.717) is 12.5 Å². The summed E-state index contributed by atoms with van der Waals surface area (Å²) in [6.45, 7) is 12.7. The lowest BCUT2D eigenvalue weighted by Gasteiger charge is -2.31. The maximum atomic E-state index is 9.16. The van der Waals surface area contributed by atoms with Crippen LogP contribution in [0.15, 0.2) is 6.33 Å². The largest absolute Gasteiger partial charge is 0.396 e. The van der Waals surface area contributed by atoms with Crippen LogP contribution in [0.5, 0.6) is 0 Å². The predicted octanol–water partition coefficient (Wildman–Crippen LogP) is 1.82. The first-order valence-corrected chi connectivity index (χ1v) is 7.05. The summed E-state index contributed by atoms with van der Waals surface area (Å²) in [6.07, 6.45) is 2.36. The van der Waals surface area contributed by atoms with Crippen LogP contribution in [0, 0.1) is 11.3 Å². The quantitative estimate of drug-likeness (QED) is 0.792.